The molecule has 0 spiro atoms. The number of carbonyl (C=O) groups excluding carboxylic acids is 1. The van der Waals surface area contributed by atoms with E-state index in [1.165, 1.54) is 11.0 Å². The normalized spacial score (nSPS) is 11.2. The Morgan fingerprint density at radius 2 is 2.04 bits per heavy atom. The smallest absolute Gasteiger partial charge is 0.255 e. The lowest BCUT2D eigenvalue weighted by Crippen LogP contribution is -2.27. The number of nitrogens with zero attached hydrogens (tertiary/aromatic N) is 3. The Hall–Kier alpha value is -1.63. The van der Waals surface area contributed by atoms with Crippen LogP contribution in [0.1, 0.15) is 26.6 Å². The molecule has 0 fully saturated rings. The number of thiazole rings is 1. The van der Waals surface area contributed by atoms with Gasteiger partial charge in [-0.3, -0.25) is 9.20 Å². The molecule has 0 unspecified atom stereocenters. The summed E-state index contributed by atoms with van der Waals surface area (Å²) in [6.07, 6.45) is 1.99. The maximum atomic E-state index is 13.7. The molecule has 0 bridgehead atoms. The van der Waals surface area contributed by atoms with Crippen molar-refractivity contribution in [3.05, 3.63) is 56.0 Å². The van der Waals surface area contributed by atoms with Crippen LogP contribution in [0, 0.1) is 19.7 Å². The molecule has 1 aromatic carbocycles. The minimum atomic E-state index is -0.672. The third kappa shape index (κ3) is 3.01. The van der Waals surface area contributed by atoms with Gasteiger partial charge < -0.3 is 4.90 Å². The molecule has 4 nitrogen and oxygen atoms in total. The molecular formula is C16H14Cl2FN3OS. The summed E-state index contributed by atoms with van der Waals surface area (Å²) in [4.78, 5) is 20.6. The van der Waals surface area contributed by atoms with Gasteiger partial charge in [-0.1, -0.05) is 23.2 Å². The summed E-state index contributed by atoms with van der Waals surface area (Å²) in [5, 5.41) is 0.0149. The zero-order chi connectivity index (χ0) is 17.6. The standard InChI is InChI=1S/C16H14Cl2FN3OS/c1-8-6-22-14(9(2)20-16(22)24-8)7-21(3)15(23)10-4-13(19)12(18)5-11(10)17/h4-6H,7H2,1-3H3. The zero-order valence-electron chi connectivity index (χ0n) is 13.2. The number of hydrogen-bond acceptors (Lipinski definition) is 3. The minimum absolute atomic E-state index is 0.0842. The SMILES string of the molecule is Cc1cn2c(CN(C)C(=O)c3cc(F)c(Cl)cc3Cl)c(C)nc2s1. The van der Waals surface area contributed by atoms with E-state index >= 15 is 0 Å². The first-order valence-corrected chi connectivity index (χ1v) is 8.69. The summed E-state index contributed by atoms with van der Waals surface area (Å²) in [5.41, 5.74) is 1.85. The molecule has 0 aliphatic carbocycles. The molecule has 0 aliphatic rings. The van der Waals surface area contributed by atoms with Crippen molar-refractivity contribution in [2.24, 2.45) is 0 Å². The van der Waals surface area contributed by atoms with Crippen molar-refractivity contribution in [3.63, 3.8) is 0 Å². The number of carbonyl (C=O) groups is 1. The third-order valence-corrected chi connectivity index (χ3v) is 5.22. The van der Waals surface area contributed by atoms with Gasteiger partial charge in [-0.05, 0) is 26.0 Å². The molecule has 2 aromatic heterocycles. The molecule has 2 heterocycles. The first kappa shape index (κ1) is 17.2. The Labute approximate surface area is 152 Å². The van der Waals surface area contributed by atoms with E-state index in [1.54, 1.807) is 18.4 Å². The summed E-state index contributed by atoms with van der Waals surface area (Å²) in [6, 6.07) is 2.31. The van der Waals surface area contributed by atoms with E-state index in [4.69, 9.17) is 23.2 Å². The first-order valence-electron chi connectivity index (χ1n) is 7.12. The lowest BCUT2D eigenvalue weighted by Gasteiger charge is -2.18. The van der Waals surface area contributed by atoms with Gasteiger partial charge >= 0.3 is 0 Å². The average molecular weight is 386 g/mol. The van der Waals surface area contributed by atoms with Gasteiger partial charge in [0.05, 0.1) is 33.5 Å². The van der Waals surface area contributed by atoms with Crippen LogP contribution in [-0.4, -0.2) is 27.2 Å². The zero-order valence-corrected chi connectivity index (χ0v) is 15.6. The summed E-state index contributed by atoms with van der Waals surface area (Å²) in [7, 11) is 1.64. The molecule has 8 heteroatoms. The number of hydrogen-bond donors (Lipinski definition) is 0. The Bertz CT molecular complexity index is 951. The van der Waals surface area contributed by atoms with Crippen molar-refractivity contribution in [1.82, 2.24) is 14.3 Å². The maximum Gasteiger partial charge on any atom is 0.255 e. The summed E-state index contributed by atoms with van der Waals surface area (Å²) in [6.45, 7) is 4.24. The summed E-state index contributed by atoms with van der Waals surface area (Å²) >= 11 is 13.3. The molecule has 0 aliphatic heterocycles. The Kier molecular flexibility index (Phi) is 4.55. The molecule has 126 valence electrons. The predicted octanol–water partition coefficient (Wildman–Crippen LogP) is 4.73. The molecular weight excluding hydrogens is 372 g/mol. The highest BCUT2D eigenvalue weighted by Crippen LogP contribution is 2.26. The molecule has 0 saturated heterocycles. The van der Waals surface area contributed by atoms with Gasteiger partial charge in [0.15, 0.2) is 4.96 Å². The highest BCUT2D eigenvalue weighted by atomic mass is 35.5. The van der Waals surface area contributed by atoms with Crippen LogP contribution in [-0.2, 0) is 6.54 Å². The second-order valence-electron chi connectivity index (χ2n) is 5.55. The number of imidazole rings is 1. The van der Waals surface area contributed by atoms with Gasteiger partial charge in [0, 0.05) is 18.1 Å². The third-order valence-electron chi connectivity index (χ3n) is 3.72. The highest BCUT2D eigenvalue weighted by Gasteiger charge is 2.20. The van der Waals surface area contributed by atoms with Crippen LogP contribution >= 0.6 is 34.5 Å². The second kappa shape index (κ2) is 6.35. The molecule has 0 atom stereocenters. The number of aromatic nitrogens is 2. The number of rotatable bonds is 3. The quantitative estimate of drug-likeness (QED) is 0.611. The topological polar surface area (TPSA) is 37.6 Å². The Balaban J connectivity index is 1.91. The Morgan fingerprint density at radius 1 is 1.33 bits per heavy atom. The van der Waals surface area contributed by atoms with E-state index in [0.29, 0.717) is 6.54 Å². The van der Waals surface area contributed by atoms with Gasteiger partial charge in [0.25, 0.3) is 5.91 Å². The summed E-state index contributed by atoms with van der Waals surface area (Å²) < 4.78 is 15.6. The van der Waals surface area contributed by atoms with Crippen LogP contribution in [0.4, 0.5) is 4.39 Å². The molecule has 3 aromatic rings. The first-order chi connectivity index (χ1) is 11.3. The van der Waals surface area contributed by atoms with E-state index in [9.17, 15) is 9.18 Å². The number of benzene rings is 1. The highest BCUT2D eigenvalue weighted by molar-refractivity contribution is 7.17. The van der Waals surface area contributed by atoms with E-state index in [0.717, 1.165) is 27.3 Å². The monoisotopic (exact) mass is 385 g/mol. The van der Waals surface area contributed by atoms with Gasteiger partial charge in [0.2, 0.25) is 0 Å². The number of amides is 1. The fourth-order valence-corrected chi connectivity index (χ4v) is 3.84. The molecule has 0 N–H and O–H groups in total. The molecule has 0 radical (unpaired) electrons. The van der Waals surface area contributed by atoms with Crippen LogP contribution in [0.25, 0.3) is 4.96 Å². The lowest BCUT2D eigenvalue weighted by molar-refractivity contribution is 0.0782. The van der Waals surface area contributed by atoms with Gasteiger partial charge in [-0.2, -0.15) is 0 Å². The van der Waals surface area contributed by atoms with Crippen LogP contribution in [0.15, 0.2) is 18.3 Å². The molecule has 0 saturated carbocycles. The largest absolute Gasteiger partial charge is 0.336 e. The fraction of sp³-hybridized carbons (Fsp3) is 0.250. The van der Waals surface area contributed by atoms with E-state index in [1.807, 2.05) is 24.4 Å². The van der Waals surface area contributed by atoms with Crippen LogP contribution in [0.3, 0.4) is 0 Å². The van der Waals surface area contributed by atoms with Crippen LogP contribution in [0.2, 0.25) is 10.0 Å². The van der Waals surface area contributed by atoms with E-state index in [-0.39, 0.29) is 21.5 Å². The predicted molar refractivity (Wildman–Crippen MR) is 94.8 cm³/mol. The molecule has 3 rings (SSSR count). The van der Waals surface area contributed by atoms with Crippen molar-refractivity contribution in [1.29, 1.82) is 0 Å². The molecule has 24 heavy (non-hydrogen) atoms. The van der Waals surface area contributed by atoms with Gasteiger partial charge in [-0.15, -0.1) is 11.3 Å². The van der Waals surface area contributed by atoms with Crippen molar-refractivity contribution >= 4 is 45.4 Å². The van der Waals surface area contributed by atoms with Crippen molar-refractivity contribution in [2.75, 3.05) is 7.05 Å². The maximum absolute atomic E-state index is 13.7. The molecule has 1 amide bonds. The van der Waals surface area contributed by atoms with Crippen LogP contribution < -0.4 is 0 Å². The number of fused-ring (bicyclic) bond motifs is 1. The van der Waals surface area contributed by atoms with Gasteiger partial charge in [-0.25, -0.2) is 9.37 Å². The van der Waals surface area contributed by atoms with Crippen molar-refractivity contribution < 1.29 is 9.18 Å². The summed E-state index contributed by atoms with van der Waals surface area (Å²) in [5.74, 6) is -1.05. The average Bonchev–Trinajstić information content (AvgIpc) is 2.99. The lowest BCUT2D eigenvalue weighted by atomic mass is 10.2. The van der Waals surface area contributed by atoms with Gasteiger partial charge in [0.1, 0.15) is 5.82 Å². The van der Waals surface area contributed by atoms with E-state index < -0.39 is 5.82 Å². The minimum Gasteiger partial charge on any atom is -0.336 e. The number of halogens is 3. The van der Waals surface area contributed by atoms with E-state index in [2.05, 4.69) is 4.98 Å². The Morgan fingerprint density at radius 3 is 2.75 bits per heavy atom. The van der Waals surface area contributed by atoms with Crippen molar-refractivity contribution in [2.45, 2.75) is 20.4 Å². The van der Waals surface area contributed by atoms with Crippen LogP contribution in [0.5, 0.6) is 0 Å². The number of aryl methyl sites for hydroxylation is 2. The second-order valence-corrected chi connectivity index (χ2v) is 7.57. The fourth-order valence-electron chi connectivity index (χ4n) is 2.49. The van der Waals surface area contributed by atoms with Crippen molar-refractivity contribution in [3.8, 4) is 0 Å².